The zero-order chi connectivity index (χ0) is 17.7. The number of aromatic nitrogens is 1. The Morgan fingerprint density at radius 2 is 1.83 bits per heavy atom. The summed E-state index contributed by atoms with van der Waals surface area (Å²) in [5.74, 6) is 0.107. The first-order valence-electron chi connectivity index (χ1n) is 7.12. The lowest BCUT2D eigenvalue weighted by Gasteiger charge is -2.15. The van der Waals surface area contributed by atoms with Crippen LogP contribution in [0.15, 0.2) is 28.8 Å². The molecule has 2 rings (SSSR count). The number of benzene rings is 1. The molecule has 8 nitrogen and oxygen atoms in total. The van der Waals surface area contributed by atoms with Crippen LogP contribution in [0.25, 0.3) is 0 Å². The third-order valence-corrected chi connectivity index (χ3v) is 3.16. The van der Waals surface area contributed by atoms with E-state index in [4.69, 9.17) is 18.7 Å². The topological polar surface area (TPSA) is 99.9 Å². The van der Waals surface area contributed by atoms with Crippen LogP contribution in [0.5, 0.6) is 11.5 Å². The van der Waals surface area contributed by atoms with Crippen molar-refractivity contribution in [2.75, 3.05) is 19.5 Å². The number of hydrogen-bond acceptors (Lipinski definition) is 7. The molecular formula is C16H18N2O6. The van der Waals surface area contributed by atoms with Crippen molar-refractivity contribution in [1.82, 2.24) is 5.16 Å². The van der Waals surface area contributed by atoms with Gasteiger partial charge < -0.3 is 24.1 Å². The first-order valence-corrected chi connectivity index (χ1v) is 7.12. The monoisotopic (exact) mass is 334 g/mol. The highest BCUT2D eigenvalue weighted by Crippen LogP contribution is 2.29. The van der Waals surface area contributed by atoms with Crippen LogP contribution in [0, 0.1) is 6.92 Å². The minimum absolute atomic E-state index is 0.111. The fraction of sp³-hybridized carbons (Fsp3) is 0.312. The Labute approximate surface area is 138 Å². The van der Waals surface area contributed by atoms with Crippen molar-refractivity contribution in [2.45, 2.75) is 20.0 Å². The maximum atomic E-state index is 12.4. The van der Waals surface area contributed by atoms with Crippen LogP contribution in [0.1, 0.15) is 23.0 Å². The van der Waals surface area contributed by atoms with Gasteiger partial charge in [-0.15, -0.1) is 0 Å². The molecule has 128 valence electrons. The second-order valence-electron chi connectivity index (χ2n) is 4.90. The Morgan fingerprint density at radius 1 is 1.21 bits per heavy atom. The van der Waals surface area contributed by atoms with Crippen LogP contribution in [-0.4, -0.2) is 37.4 Å². The van der Waals surface area contributed by atoms with Gasteiger partial charge in [-0.05, 0) is 26.0 Å². The van der Waals surface area contributed by atoms with Gasteiger partial charge in [0.1, 0.15) is 22.8 Å². The smallest absolute Gasteiger partial charge is 0.346 e. The van der Waals surface area contributed by atoms with Gasteiger partial charge in [-0.1, -0.05) is 11.2 Å². The van der Waals surface area contributed by atoms with E-state index in [-0.39, 0.29) is 11.4 Å². The van der Waals surface area contributed by atoms with Crippen molar-refractivity contribution < 1.29 is 28.3 Å². The number of rotatable bonds is 6. The minimum atomic E-state index is -1.05. The number of amides is 1. The van der Waals surface area contributed by atoms with Crippen molar-refractivity contribution in [1.29, 1.82) is 0 Å². The Kier molecular flexibility index (Phi) is 5.41. The number of carbonyl (C=O) groups is 2. The Hall–Kier alpha value is -3.03. The molecule has 1 aromatic carbocycles. The van der Waals surface area contributed by atoms with Gasteiger partial charge in [-0.3, -0.25) is 4.79 Å². The molecule has 0 fully saturated rings. The molecule has 1 unspecified atom stereocenters. The summed E-state index contributed by atoms with van der Waals surface area (Å²) in [5, 5.41) is 6.14. The summed E-state index contributed by atoms with van der Waals surface area (Å²) in [6.07, 6.45) is -1.05. The molecule has 1 heterocycles. The fourth-order valence-corrected chi connectivity index (χ4v) is 1.98. The SMILES string of the molecule is COc1cccc(OC)c1C(=O)OC(C)C(=O)Nc1cc(C)on1. The number of esters is 1. The number of anilines is 1. The van der Waals surface area contributed by atoms with E-state index in [0.717, 1.165) is 0 Å². The number of carbonyl (C=O) groups excluding carboxylic acids is 2. The van der Waals surface area contributed by atoms with E-state index in [1.165, 1.54) is 21.1 Å². The molecule has 0 aliphatic heterocycles. The molecule has 0 aliphatic carbocycles. The lowest BCUT2D eigenvalue weighted by molar-refractivity contribution is -0.123. The van der Waals surface area contributed by atoms with Gasteiger partial charge in [0.15, 0.2) is 11.9 Å². The minimum Gasteiger partial charge on any atom is -0.496 e. The molecule has 24 heavy (non-hydrogen) atoms. The lowest BCUT2D eigenvalue weighted by atomic mass is 10.1. The maximum absolute atomic E-state index is 12.4. The molecule has 0 aliphatic rings. The second kappa shape index (κ2) is 7.49. The summed E-state index contributed by atoms with van der Waals surface area (Å²) in [6.45, 7) is 3.14. The molecule has 0 bridgehead atoms. The van der Waals surface area contributed by atoms with Crippen molar-refractivity contribution in [3.63, 3.8) is 0 Å². The van der Waals surface area contributed by atoms with Gasteiger partial charge >= 0.3 is 5.97 Å². The third kappa shape index (κ3) is 3.83. The molecular weight excluding hydrogens is 316 g/mol. The van der Waals surface area contributed by atoms with Crippen molar-refractivity contribution in [2.24, 2.45) is 0 Å². The van der Waals surface area contributed by atoms with Gasteiger partial charge in [-0.25, -0.2) is 4.79 Å². The summed E-state index contributed by atoms with van der Waals surface area (Å²) >= 11 is 0. The molecule has 0 radical (unpaired) electrons. The molecule has 1 atom stereocenters. The Bertz CT molecular complexity index is 718. The predicted octanol–water partition coefficient (Wildman–Crippen LogP) is 2.18. The molecule has 8 heteroatoms. The highest BCUT2D eigenvalue weighted by atomic mass is 16.6. The zero-order valence-corrected chi connectivity index (χ0v) is 13.8. The van der Waals surface area contributed by atoms with Crippen LogP contribution < -0.4 is 14.8 Å². The van der Waals surface area contributed by atoms with Crippen LogP contribution >= 0.6 is 0 Å². The average molecular weight is 334 g/mol. The molecule has 0 spiro atoms. The predicted molar refractivity (Wildman–Crippen MR) is 84.3 cm³/mol. The third-order valence-electron chi connectivity index (χ3n) is 3.16. The van der Waals surface area contributed by atoms with Crippen LogP contribution in [-0.2, 0) is 9.53 Å². The summed E-state index contributed by atoms with van der Waals surface area (Å²) in [4.78, 5) is 24.4. The van der Waals surface area contributed by atoms with Crippen LogP contribution in [0.4, 0.5) is 5.82 Å². The molecule has 0 saturated carbocycles. The summed E-state index contributed by atoms with van der Waals surface area (Å²) in [6, 6.07) is 6.43. The highest BCUT2D eigenvalue weighted by Gasteiger charge is 2.25. The Morgan fingerprint density at radius 3 is 2.33 bits per heavy atom. The molecule has 1 N–H and O–H groups in total. The number of aryl methyl sites for hydroxylation is 1. The summed E-state index contributed by atoms with van der Waals surface area (Å²) in [7, 11) is 2.85. The van der Waals surface area contributed by atoms with E-state index in [1.807, 2.05) is 0 Å². The average Bonchev–Trinajstić information content (AvgIpc) is 2.98. The van der Waals surface area contributed by atoms with Gasteiger partial charge in [-0.2, -0.15) is 0 Å². The van der Waals surface area contributed by atoms with E-state index < -0.39 is 18.0 Å². The van der Waals surface area contributed by atoms with E-state index >= 15 is 0 Å². The second-order valence-corrected chi connectivity index (χ2v) is 4.90. The molecule has 1 aromatic heterocycles. The number of ether oxygens (including phenoxy) is 3. The van der Waals surface area contributed by atoms with Gasteiger partial charge in [0.25, 0.3) is 5.91 Å². The number of methoxy groups -OCH3 is 2. The maximum Gasteiger partial charge on any atom is 0.346 e. The van der Waals surface area contributed by atoms with E-state index in [2.05, 4.69) is 10.5 Å². The van der Waals surface area contributed by atoms with Gasteiger partial charge in [0.05, 0.1) is 14.2 Å². The molecule has 0 saturated heterocycles. The summed E-state index contributed by atoms with van der Waals surface area (Å²) < 4.78 is 20.3. The van der Waals surface area contributed by atoms with E-state index in [1.54, 1.807) is 31.2 Å². The quantitative estimate of drug-likeness (QED) is 0.808. The first kappa shape index (κ1) is 17.3. The van der Waals surface area contributed by atoms with Crippen LogP contribution in [0.3, 0.4) is 0 Å². The fourth-order valence-electron chi connectivity index (χ4n) is 1.98. The zero-order valence-electron chi connectivity index (χ0n) is 13.8. The Balaban J connectivity index is 2.10. The number of nitrogens with zero attached hydrogens (tertiary/aromatic N) is 1. The van der Waals surface area contributed by atoms with Gasteiger partial charge in [0.2, 0.25) is 0 Å². The largest absolute Gasteiger partial charge is 0.496 e. The first-order chi connectivity index (χ1) is 11.5. The lowest BCUT2D eigenvalue weighted by Crippen LogP contribution is -2.30. The molecule has 2 aromatic rings. The van der Waals surface area contributed by atoms with Crippen molar-refractivity contribution >= 4 is 17.7 Å². The number of nitrogens with one attached hydrogen (secondary N) is 1. The van der Waals surface area contributed by atoms with E-state index in [0.29, 0.717) is 17.3 Å². The van der Waals surface area contributed by atoms with E-state index in [9.17, 15) is 9.59 Å². The standard InChI is InChI=1S/C16H18N2O6/c1-9-8-13(18-24-9)17-15(19)10(2)23-16(20)14-11(21-3)6-5-7-12(14)22-4/h5-8,10H,1-4H3,(H,17,18,19). The van der Waals surface area contributed by atoms with Crippen molar-refractivity contribution in [3.05, 3.63) is 35.6 Å². The van der Waals surface area contributed by atoms with Crippen molar-refractivity contribution in [3.8, 4) is 11.5 Å². The van der Waals surface area contributed by atoms with Crippen LogP contribution in [0.2, 0.25) is 0 Å². The molecule has 1 amide bonds. The number of hydrogen-bond donors (Lipinski definition) is 1. The normalized spacial score (nSPS) is 11.5. The summed E-state index contributed by atoms with van der Waals surface area (Å²) in [5.41, 5.74) is 0.111. The highest BCUT2D eigenvalue weighted by molar-refractivity contribution is 5.99. The van der Waals surface area contributed by atoms with Gasteiger partial charge in [0, 0.05) is 6.07 Å².